The Bertz CT molecular complexity index is 1150. The summed E-state index contributed by atoms with van der Waals surface area (Å²) >= 11 is 0. The number of pyridine rings is 2. The number of rotatable bonds is 6. The Hall–Kier alpha value is -3.87. The second-order valence-corrected chi connectivity index (χ2v) is 9.52. The van der Waals surface area contributed by atoms with Crippen LogP contribution in [0.5, 0.6) is 5.88 Å². The molecule has 0 unspecified atom stereocenters. The molecule has 0 radical (unpaired) electrons. The fraction of sp³-hybridized carbons (Fsp3) is 0.480. The molecule has 1 atom stereocenters. The van der Waals surface area contributed by atoms with Gasteiger partial charge in [0, 0.05) is 37.1 Å². The smallest absolute Gasteiger partial charge is 0.408 e. The van der Waals surface area contributed by atoms with Gasteiger partial charge in [-0.1, -0.05) is 0 Å². The Kier molecular flexibility index (Phi) is 7.48. The van der Waals surface area contributed by atoms with Crippen molar-refractivity contribution >= 4 is 17.7 Å². The second-order valence-electron chi connectivity index (χ2n) is 9.52. The molecule has 10 heteroatoms. The van der Waals surface area contributed by atoms with Crippen molar-refractivity contribution in [2.24, 2.45) is 0 Å². The molecule has 35 heavy (non-hydrogen) atoms. The fourth-order valence-corrected chi connectivity index (χ4v) is 4.03. The normalized spacial score (nSPS) is 17.5. The van der Waals surface area contributed by atoms with Crippen LogP contribution in [0.25, 0.3) is 11.1 Å². The third-order valence-corrected chi connectivity index (χ3v) is 5.48. The maximum Gasteiger partial charge on any atom is 0.408 e. The van der Waals surface area contributed by atoms with E-state index in [0.29, 0.717) is 42.2 Å². The third kappa shape index (κ3) is 5.98. The van der Waals surface area contributed by atoms with Gasteiger partial charge in [0.2, 0.25) is 5.88 Å². The van der Waals surface area contributed by atoms with Crippen molar-refractivity contribution < 1.29 is 23.8 Å². The van der Waals surface area contributed by atoms with Gasteiger partial charge in [-0.3, -0.25) is 0 Å². The lowest BCUT2D eigenvalue weighted by atomic mass is 9.98. The molecule has 2 aromatic rings. The topological polar surface area (TPSA) is 127 Å². The molecular weight excluding hydrogens is 450 g/mol. The summed E-state index contributed by atoms with van der Waals surface area (Å²) in [6.45, 7) is 10.1. The Labute approximate surface area is 205 Å². The number of ether oxygens (including phenoxy) is 3. The molecule has 1 fully saturated rings. The Morgan fingerprint density at radius 2 is 2.06 bits per heavy atom. The van der Waals surface area contributed by atoms with Gasteiger partial charge >= 0.3 is 12.1 Å². The van der Waals surface area contributed by atoms with E-state index in [0.717, 1.165) is 0 Å². The summed E-state index contributed by atoms with van der Waals surface area (Å²) < 4.78 is 16.0. The van der Waals surface area contributed by atoms with E-state index in [1.807, 2.05) is 11.8 Å². The average Bonchev–Trinajstić information content (AvgIpc) is 3.17. The molecule has 2 aromatic heterocycles. The number of nitrogens with zero attached hydrogens (tertiary/aromatic N) is 4. The molecule has 1 amide bonds. The Morgan fingerprint density at radius 3 is 2.69 bits per heavy atom. The van der Waals surface area contributed by atoms with E-state index in [-0.39, 0.29) is 17.9 Å². The number of alkyl carbamates (subject to hydrolysis) is 1. The summed E-state index contributed by atoms with van der Waals surface area (Å²) in [7, 11) is 1.50. The number of esters is 1. The average molecular weight is 482 g/mol. The zero-order valence-corrected chi connectivity index (χ0v) is 21.0. The molecule has 3 rings (SSSR count). The van der Waals surface area contributed by atoms with Crippen LogP contribution in [0, 0.1) is 11.3 Å². The van der Waals surface area contributed by atoms with Crippen molar-refractivity contribution in [2.75, 3.05) is 31.7 Å². The SMILES string of the molecule is CCOC(=O)c1cnc(C#N)c(-c2ccnc(OC)c2)c1N1CC[C@](C)(NC(=O)OC(C)(C)C)C1. The highest BCUT2D eigenvalue weighted by molar-refractivity contribution is 6.01. The first-order chi connectivity index (χ1) is 16.5. The highest BCUT2D eigenvalue weighted by Gasteiger charge is 2.39. The minimum absolute atomic E-state index is 0.148. The zero-order chi connectivity index (χ0) is 25.8. The molecule has 0 aliphatic carbocycles. The molecule has 0 saturated carbocycles. The van der Waals surface area contributed by atoms with Gasteiger partial charge in [-0.15, -0.1) is 0 Å². The van der Waals surface area contributed by atoms with E-state index in [9.17, 15) is 14.9 Å². The number of aromatic nitrogens is 2. The summed E-state index contributed by atoms with van der Waals surface area (Å²) in [6, 6.07) is 5.55. The predicted molar refractivity (Wildman–Crippen MR) is 129 cm³/mol. The monoisotopic (exact) mass is 481 g/mol. The van der Waals surface area contributed by atoms with E-state index in [4.69, 9.17) is 14.2 Å². The van der Waals surface area contributed by atoms with Crippen molar-refractivity contribution in [3.05, 3.63) is 35.8 Å². The minimum Gasteiger partial charge on any atom is -0.481 e. The lowest BCUT2D eigenvalue weighted by Crippen LogP contribution is -2.49. The first-order valence-corrected chi connectivity index (χ1v) is 11.4. The molecule has 10 nitrogen and oxygen atoms in total. The van der Waals surface area contributed by atoms with Crippen LogP contribution in [0.2, 0.25) is 0 Å². The number of carbonyl (C=O) groups is 2. The fourth-order valence-electron chi connectivity index (χ4n) is 4.03. The van der Waals surface area contributed by atoms with Crippen LogP contribution in [-0.4, -0.2) is 60.0 Å². The molecule has 3 heterocycles. The molecular formula is C25H31N5O5. The minimum atomic E-state index is -0.629. The Balaban J connectivity index is 2.09. The summed E-state index contributed by atoms with van der Waals surface area (Å²) in [6.07, 6.45) is 3.01. The van der Waals surface area contributed by atoms with Crippen molar-refractivity contribution in [3.8, 4) is 23.1 Å². The van der Waals surface area contributed by atoms with Crippen molar-refractivity contribution in [3.63, 3.8) is 0 Å². The summed E-state index contributed by atoms with van der Waals surface area (Å²) in [4.78, 5) is 35.8. The molecule has 0 aromatic carbocycles. The van der Waals surface area contributed by atoms with Crippen LogP contribution in [0.1, 0.15) is 57.1 Å². The lowest BCUT2D eigenvalue weighted by Gasteiger charge is -2.30. The van der Waals surface area contributed by atoms with Gasteiger partial charge in [-0.05, 0) is 52.7 Å². The van der Waals surface area contributed by atoms with Crippen LogP contribution in [0.3, 0.4) is 0 Å². The van der Waals surface area contributed by atoms with Crippen LogP contribution in [0.4, 0.5) is 10.5 Å². The van der Waals surface area contributed by atoms with E-state index in [1.165, 1.54) is 13.3 Å². The number of nitrogens with one attached hydrogen (secondary N) is 1. The maximum absolute atomic E-state index is 12.9. The van der Waals surface area contributed by atoms with Gasteiger partial charge in [-0.2, -0.15) is 5.26 Å². The van der Waals surface area contributed by atoms with Crippen LogP contribution < -0.4 is 15.0 Å². The highest BCUT2D eigenvalue weighted by Crippen LogP contribution is 2.40. The summed E-state index contributed by atoms with van der Waals surface area (Å²) in [5.41, 5.74) is 0.732. The van der Waals surface area contributed by atoms with E-state index in [1.54, 1.807) is 46.0 Å². The first-order valence-electron chi connectivity index (χ1n) is 11.4. The van der Waals surface area contributed by atoms with Crippen molar-refractivity contribution in [1.82, 2.24) is 15.3 Å². The predicted octanol–water partition coefficient (Wildman–Crippen LogP) is 3.69. The Morgan fingerprint density at radius 1 is 1.31 bits per heavy atom. The number of methoxy groups -OCH3 is 1. The van der Waals surface area contributed by atoms with Gasteiger partial charge < -0.3 is 24.4 Å². The van der Waals surface area contributed by atoms with Gasteiger partial charge in [0.25, 0.3) is 0 Å². The first kappa shape index (κ1) is 25.7. The van der Waals surface area contributed by atoms with Crippen LogP contribution >= 0.6 is 0 Å². The van der Waals surface area contributed by atoms with E-state index < -0.39 is 23.2 Å². The molecule has 1 aliphatic heterocycles. The second kappa shape index (κ2) is 10.2. The van der Waals surface area contributed by atoms with Crippen LogP contribution in [0.15, 0.2) is 24.5 Å². The number of carbonyl (C=O) groups excluding carboxylic acids is 2. The van der Waals surface area contributed by atoms with E-state index >= 15 is 0 Å². The number of anilines is 1. The van der Waals surface area contributed by atoms with Gasteiger partial charge in [0.15, 0.2) is 0 Å². The van der Waals surface area contributed by atoms with Crippen molar-refractivity contribution in [2.45, 2.75) is 52.2 Å². The molecule has 1 saturated heterocycles. The third-order valence-electron chi connectivity index (χ3n) is 5.48. The number of amides is 1. The quantitative estimate of drug-likeness (QED) is 0.614. The molecule has 1 N–H and O–H groups in total. The molecule has 0 spiro atoms. The van der Waals surface area contributed by atoms with Crippen LogP contribution in [-0.2, 0) is 9.47 Å². The lowest BCUT2D eigenvalue weighted by molar-refractivity contribution is 0.0470. The van der Waals surface area contributed by atoms with Crippen molar-refractivity contribution in [1.29, 1.82) is 5.26 Å². The van der Waals surface area contributed by atoms with E-state index in [2.05, 4.69) is 21.4 Å². The zero-order valence-electron chi connectivity index (χ0n) is 21.0. The van der Waals surface area contributed by atoms with Gasteiger partial charge in [-0.25, -0.2) is 19.6 Å². The standard InChI is InChI=1S/C25H31N5O5/c1-7-34-22(31)17-14-28-18(13-26)20(16-8-10-27-19(12-16)33-6)21(17)30-11-9-25(5,15-30)29-23(32)35-24(2,3)4/h8,10,12,14H,7,9,11,15H2,1-6H3,(H,29,32)/t25-/m0/s1. The number of nitriles is 1. The van der Waals surface area contributed by atoms with Gasteiger partial charge in [0.05, 0.1) is 24.9 Å². The molecule has 186 valence electrons. The molecule has 0 bridgehead atoms. The van der Waals surface area contributed by atoms with Gasteiger partial charge in [0.1, 0.15) is 22.9 Å². The maximum atomic E-state index is 12.9. The summed E-state index contributed by atoms with van der Waals surface area (Å²) in [5, 5.41) is 12.8. The largest absolute Gasteiger partial charge is 0.481 e. The number of hydrogen-bond acceptors (Lipinski definition) is 9. The summed E-state index contributed by atoms with van der Waals surface area (Å²) in [5.74, 6) is -0.188. The molecule has 1 aliphatic rings. The number of hydrogen-bond donors (Lipinski definition) is 1. The highest BCUT2D eigenvalue weighted by atomic mass is 16.6.